The second kappa shape index (κ2) is 7.08. The van der Waals surface area contributed by atoms with Gasteiger partial charge in [0.1, 0.15) is 0 Å². The van der Waals surface area contributed by atoms with E-state index in [4.69, 9.17) is 17.3 Å². The fourth-order valence-corrected chi connectivity index (χ4v) is 3.17. The third-order valence-corrected chi connectivity index (χ3v) is 4.74. The smallest absolute Gasteiger partial charge is 0.248 e. The van der Waals surface area contributed by atoms with Crippen molar-refractivity contribution in [2.45, 2.75) is 19.8 Å². The monoisotopic (exact) mass is 350 g/mol. The normalized spacial score (nSPS) is 12.0. The lowest BCUT2D eigenvalue weighted by Crippen LogP contribution is -2.15. The molecule has 3 nitrogen and oxygen atoms in total. The van der Waals surface area contributed by atoms with Crippen LogP contribution in [0.3, 0.4) is 0 Å². The van der Waals surface area contributed by atoms with Gasteiger partial charge in [-0.15, -0.1) is 0 Å². The number of benzene rings is 2. The van der Waals surface area contributed by atoms with E-state index in [0.717, 1.165) is 27.8 Å². The number of carbonyl (C=O) groups is 1. The summed E-state index contributed by atoms with van der Waals surface area (Å²) < 4.78 is 0. The lowest BCUT2D eigenvalue weighted by molar-refractivity contribution is 0.0999. The number of nitrogens with two attached hydrogens (primary N) is 1. The largest absolute Gasteiger partial charge is 0.366 e. The molecule has 1 amide bonds. The van der Waals surface area contributed by atoms with Gasteiger partial charge in [-0.05, 0) is 65.1 Å². The Morgan fingerprint density at radius 3 is 2.48 bits per heavy atom. The third-order valence-electron chi connectivity index (χ3n) is 4.48. The van der Waals surface area contributed by atoms with Crippen molar-refractivity contribution in [3.05, 3.63) is 88.2 Å². The number of primary amides is 1. The van der Waals surface area contributed by atoms with Crippen molar-refractivity contribution in [3.63, 3.8) is 0 Å². The van der Waals surface area contributed by atoms with Gasteiger partial charge >= 0.3 is 0 Å². The maximum absolute atomic E-state index is 11.9. The molecule has 1 aromatic heterocycles. The molecular formula is C21H19ClN2O. The van der Waals surface area contributed by atoms with Crippen LogP contribution >= 0.6 is 11.6 Å². The number of pyridine rings is 1. The van der Waals surface area contributed by atoms with Gasteiger partial charge in [-0.3, -0.25) is 9.78 Å². The van der Waals surface area contributed by atoms with Crippen LogP contribution in [0.25, 0.3) is 11.1 Å². The van der Waals surface area contributed by atoms with E-state index in [9.17, 15) is 4.79 Å². The van der Waals surface area contributed by atoms with E-state index in [1.165, 1.54) is 0 Å². The summed E-state index contributed by atoms with van der Waals surface area (Å²) in [5.74, 6) is -0.407. The van der Waals surface area contributed by atoms with E-state index in [1.807, 2.05) is 55.6 Å². The minimum Gasteiger partial charge on any atom is -0.366 e. The number of amides is 1. The molecule has 0 aliphatic rings. The number of carbonyl (C=O) groups excluding carboxylic acids is 1. The summed E-state index contributed by atoms with van der Waals surface area (Å²) in [4.78, 5) is 16.1. The molecule has 0 saturated carbocycles. The number of nitrogens with zero attached hydrogens (tertiary/aromatic N) is 1. The van der Waals surface area contributed by atoms with Crippen molar-refractivity contribution in [3.8, 4) is 11.1 Å². The summed E-state index contributed by atoms with van der Waals surface area (Å²) in [6.45, 7) is 4.08. The first-order valence-electron chi connectivity index (χ1n) is 8.07. The van der Waals surface area contributed by atoms with Gasteiger partial charge in [0.05, 0.1) is 0 Å². The van der Waals surface area contributed by atoms with Gasteiger partial charge in [0, 0.05) is 28.9 Å². The molecule has 0 fully saturated rings. The highest BCUT2D eigenvalue weighted by atomic mass is 35.5. The Morgan fingerprint density at radius 1 is 1.12 bits per heavy atom. The Labute approximate surface area is 152 Å². The number of hydrogen-bond donors (Lipinski definition) is 1. The first-order valence-corrected chi connectivity index (χ1v) is 8.45. The van der Waals surface area contributed by atoms with Crippen molar-refractivity contribution in [2.75, 3.05) is 0 Å². The van der Waals surface area contributed by atoms with Crippen molar-refractivity contribution in [1.29, 1.82) is 0 Å². The van der Waals surface area contributed by atoms with Crippen molar-refractivity contribution < 1.29 is 4.79 Å². The van der Waals surface area contributed by atoms with Gasteiger partial charge in [0.2, 0.25) is 5.91 Å². The predicted octanol–water partition coefficient (Wildman–Crippen LogP) is 4.96. The van der Waals surface area contributed by atoms with Crippen LogP contribution in [0.4, 0.5) is 0 Å². The average molecular weight is 351 g/mol. The van der Waals surface area contributed by atoms with E-state index >= 15 is 0 Å². The lowest BCUT2D eigenvalue weighted by atomic mass is 9.87. The molecule has 1 atom stereocenters. The molecule has 0 radical (unpaired) electrons. The van der Waals surface area contributed by atoms with Crippen molar-refractivity contribution >= 4 is 17.5 Å². The Bertz CT molecular complexity index is 919. The number of aryl methyl sites for hydroxylation is 1. The second-order valence-electron chi connectivity index (χ2n) is 6.13. The highest BCUT2D eigenvalue weighted by Crippen LogP contribution is 2.32. The molecule has 0 unspecified atom stereocenters. The fraction of sp³-hybridized carbons (Fsp3) is 0.143. The van der Waals surface area contributed by atoms with Crippen LogP contribution in [0.15, 0.2) is 60.9 Å². The zero-order valence-corrected chi connectivity index (χ0v) is 14.9. The van der Waals surface area contributed by atoms with E-state index in [0.29, 0.717) is 10.6 Å². The molecule has 0 spiro atoms. The predicted molar refractivity (Wildman–Crippen MR) is 102 cm³/mol. The van der Waals surface area contributed by atoms with E-state index in [-0.39, 0.29) is 5.92 Å². The molecule has 0 aliphatic carbocycles. The number of aromatic nitrogens is 1. The highest BCUT2D eigenvalue weighted by molar-refractivity contribution is 6.30. The topological polar surface area (TPSA) is 56.0 Å². The van der Waals surface area contributed by atoms with Crippen LogP contribution in [-0.2, 0) is 0 Å². The average Bonchev–Trinajstić information content (AvgIpc) is 2.61. The quantitative estimate of drug-likeness (QED) is 0.722. The van der Waals surface area contributed by atoms with E-state index < -0.39 is 5.91 Å². The molecule has 126 valence electrons. The molecule has 1 heterocycles. The fourth-order valence-electron chi connectivity index (χ4n) is 3.04. The van der Waals surface area contributed by atoms with Crippen molar-refractivity contribution in [2.24, 2.45) is 5.73 Å². The molecule has 25 heavy (non-hydrogen) atoms. The summed E-state index contributed by atoms with van der Waals surface area (Å²) in [6, 6.07) is 15.4. The summed E-state index contributed by atoms with van der Waals surface area (Å²) >= 11 is 5.99. The summed E-state index contributed by atoms with van der Waals surface area (Å²) in [7, 11) is 0. The van der Waals surface area contributed by atoms with Crippen LogP contribution in [-0.4, -0.2) is 10.9 Å². The van der Waals surface area contributed by atoms with Crippen LogP contribution in [0.2, 0.25) is 5.02 Å². The maximum Gasteiger partial charge on any atom is 0.248 e. The van der Waals surface area contributed by atoms with Crippen LogP contribution < -0.4 is 5.73 Å². The highest BCUT2D eigenvalue weighted by Gasteiger charge is 2.17. The van der Waals surface area contributed by atoms with Crippen molar-refractivity contribution in [1.82, 2.24) is 4.98 Å². The van der Waals surface area contributed by atoms with Gasteiger partial charge in [-0.2, -0.15) is 0 Å². The molecule has 2 N–H and O–H groups in total. The van der Waals surface area contributed by atoms with Gasteiger partial charge in [-0.25, -0.2) is 0 Å². The molecule has 2 aromatic carbocycles. The molecule has 4 heteroatoms. The zero-order valence-electron chi connectivity index (χ0n) is 14.2. The third kappa shape index (κ3) is 3.57. The number of halogens is 1. The standard InChI is InChI=1S/C21H19ClN2O/c1-13-12-24-10-9-18(13)16-5-8-19(21(23)25)20(11-16)14(2)15-3-6-17(22)7-4-15/h3-12,14H,1-2H3,(H2,23,25)/t14-/m0/s1. The number of rotatable bonds is 4. The first kappa shape index (κ1) is 17.2. The maximum atomic E-state index is 11.9. The first-order chi connectivity index (χ1) is 12.0. The molecular weight excluding hydrogens is 332 g/mol. The van der Waals surface area contributed by atoms with Crippen LogP contribution in [0.5, 0.6) is 0 Å². The Balaban J connectivity index is 2.12. The van der Waals surface area contributed by atoms with Gasteiger partial charge in [0.25, 0.3) is 0 Å². The van der Waals surface area contributed by atoms with Gasteiger partial charge in [0.15, 0.2) is 0 Å². The van der Waals surface area contributed by atoms with E-state index in [1.54, 1.807) is 12.3 Å². The molecule has 0 aliphatic heterocycles. The Morgan fingerprint density at radius 2 is 1.84 bits per heavy atom. The minimum absolute atomic E-state index is 0.0156. The lowest BCUT2D eigenvalue weighted by Gasteiger charge is -2.18. The summed E-state index contributed by atoms with van der Waals surface area (Å²) in [6.07, 6.45) is 3.60. The molecule has 3 rings (SSSR count). The van der Waals surface area contributed by atoms with Crippen LogP contribution in [0, 0.1) is 6.92 Å². The summed E-state index contributed by atoms with van der Waals surface area (Å²) in [5, 5.41) is 0.687. The van der Waals surface area contributed by atoms with Crippen LogP contribution in [0.1, 0.15) is 39.9 Å². The van der Waals surface area contributed by atoms with Gasteiger partial charge in [-0.1, -0.05) is 36.7 Å². The minimum atomic E-state index is -0.422. The Hall–Kier alpha value is -2.65. The summed E-state index contributed by atoms with van der Waals surface area (Å²) in [5.41, 5.74) is 11.3. The van der Waals surface area contributed by atoms with Gasteiger partial charge < -0.3 is 5.73 Å². The zero-order chi connectivity index (χ0) is 18.0. The second-order valence-corrected chi connectivity index (χ2v) is 6.57. The molecule has 3 aromatic rings. The Kier molecular flexibility index (Phi) is 4.86. The van der Waals surface area contributed by atoms with E-state index in [2.05, 4.69) is 11.9 Å². The molecule has 0 bridgehead atoms. The SMILES string of the molecule is Cc1cnccc1-c1ccc(C(N)=O)c([C@@H](C)c2ccc(Cl)cc2)c1. The number of hydrogen-bond acceptors (Lipinski definition) is 2. The molecule has 0 saturated heterocycles.